The van der Waals surface area contributed by atoms with E-state index >= 15 is 0 Å². The molecule has 0 spiro atoms. The van der Waals surface area contributed by atoms with Gasteiger partial charge >= 0.3 is 0 Å². The fourth-order valence-electron chi connectivity index (χ4n) is 2.25. The molecule has 5 nitrogen and oxygen atoms in total. The summed E-state index contributed by atoms with van der Waals surface area (Å²) in [4.78, 5) is 20.2. The molecule has 2 heterocycles. The Morgan fingerprint density at radius 2 is 2.00 bits per heavy atom. The third-order valence-corrected chi connectivity index (χ3v) is 3.21. The van der Waals surface area contributed by atoms with Crippen molar-refractivity contribution < 1.29 is 4.79 Å². The topological polar surface area (TPSA) is 67.2 Å². The molecule has 2 aromatic heterocycles. The van der Waals surface area contributed by atoms with Crippen LogP contribution < -0.4 is 5.43 Å². The molecule has 2 aromatic rings. The summed E-state index contributed by atoms with van der Waals surface area (Å²) in [5.41, 5.74) is 5.82. The molecule has 1 N–H and O–H groups in total. The summed E-state index contributed by atoms with van der Waals surface area (Å²) in [6, 6.07) is 9.17. The lowest BCUT2D eigenvalue weighted by Crippen LogP contribution is -2.23. The van der Waals surface area contributed by atoms with Crippen LogP contribution in [-0.2, 0) is 6.42 Å². The lowest BCUT2D eigenvalue weighted by molar-refractivity contribution is 0.0950. The summed E-state index contributed by atoms with van der Waals surface area (Å²) in [6.45, 7) is 0. The molecule has 0 saturated heterocycles. The minimum atomic E-state index is -0.304. The van der Waals surface area contributed by atoms with Crippen LogP contribution in [0, 0.1) is 0 Å². The van der Waals surface area contributed by atoms with Crippen LogP contribution in [0.5, 0.6) is 0 Å². The summed E-state index contributed by atoms with van der Waals surface area (Å²) < 4.78 is 0. The van der Waals surface area contributed by atoms with Gasteiger partial charge in [0.15, 0.2) is 0 Å². The van der Waals surface area contributed by atoms with E-state index in [9.17, 15) is 4.79 Å². The average molecular weight is 266 g/mol. The fraction of sp³-hybridized carbons (Fsp3) is 0.200. The molecular formula is C15H14N4O. The molecule has 1 aliphatic carbocycles. The van der Waals surface area contributed by atoms with E-state index in [0.717, 1.165) is 30.7 Å². The Kier molecular flexibility index (Phi) is 3.50. The first kappa shape index (κ1) is 12.5. The van der Waals surface area contributed by atoms with Gasteiger partial charge in [0.05, 0.1) is 11.4 Å². The van der Waals surface area contributed by atoms with Crippen LogP contribution in [-0.4, -0.2) is 21.6 Å². The Morgan fingerprint density at radius 3 is 2.85 bits per heavy atom. The Hall–Kier alpha value is -2.56. The van der Waals surface area contributed by atoms with Crippen molar-refractivity contribution >= 4 is 11.6 Å². The van der Waals surface area contributed by atoms with E-state index in [1.807, 2.05) is 6.07 Å². The normalized spacial score (nSPS) is 15.7. The smallest absolute Gasteiger partial charge is 0.266 e. The molecule has 0 fully saturated rings. The Balaban J connectivity index is 1.79. The molecule has 20 heavy (non-hydrogen) atoms. The second kappa shape index (κ2) is 5.61. The van der Waals surface area contributed by atoms with Crippen molar-refractivity contribution in [1.29, 1.82) is 0 Å². The van der Waals surface area contributed by atoms with E-state index in [0.29, 0.717) is 5.69 Å². The number of carbonyl (C=O) groups is 1. The number of rotatable bonds is 2. The number of aryl methyl sites for hydroxylation is 1. The first-order valence-electron chi connectivity index (χ1n) is 6.57. The van der Waals surface area contributed by atoms with Crippen LogP contribution in [0.3, 0.4) is 0 Å². The van der Waals surface area contributed by atoms with Gasteiger partial charge in [0.2, 0.25) is 0 Å². The van der Waals surface area contributed by atoms with Crippen LogP contribution in [0.15, 0.2) is 47.8 Å². The number of amides is 1. The second-order valence-electron chi connectivity index (χ2n) is 4.58. The van der Waals surface area contributed by atoms with Crippen molar-refractivity contribution in [2.45, 2.75) is 19.3 Å². The molecule has 0 aliphatic heterocycles. The fourth-order valence-corrected chi connectivity index (χ4v) is 2.25. The van der Waals surface area contributed by atoms with Crippen LogP contribution in [0.25, 0.3) is 0 Å². The molecule has 0 radical (unpaired) electrons. The third kappa shape index (κ3) is 2.56. The summed E-state index contributed by atoms with van der Waals surface area (Å²) in [5, 5.41) is 4.22. The van der Waals surface area contributed by atoms with Crippen molar-refractivity contribution in [2.24, 2.45) is 5.10 Å². The van der Waals surface area contributed by atoms with Crippen LogP contribution in [0.4, 0.5) is 0 Å². The summed E-state index contributed by atoms with van der Waals surface area (Å²) >= 11 is 0. The Labute approximate surface area is 116 Å². The molecule has 0 aromatic carbocycles. The predicted octanol–water partition coefficient (Wildman–Crippen LogP) is 1.95. The number of nitrogens with zero attached hydrogens (tertiary/aromatic N) is 3. The number of hydrogen-bond acceptors (Lipinski definition) is 4. The maximum atomic E-state index is 11.9. The van der Waals surface area contributed by atoms with Gasteiger partial charge in [-0.05, 0) is 43.0 Å². The highest BCUT2D eigenvalue weighted by Gasteiger charge is 2.16. The number of aromatic nitrogens is 2. The van der Waals surface area contributed by atoms with Crippen LogP contribution in [0.1, 0.15) is 34.6 Å². The third-order valence-electron chi connectivity index (χ3n) is 3.21. The van der Waals surface area contributed by atoms with Gasteiger partial charge in [-0.3, -0.25) is 14.8 Å². The van der Waals surface area contributed by atoms with Gasteiger partial charge in [-0.2, -0.15) is 5.10 Å². The highest BCUT2D eigenvalue weighted by molar-refractivity contribution is 6.02. The zero-order valence-electron chi connectivity index (χ0n) is 10.9. The van der Waals surface area contributed by atoms with Crippen LogP contribution in [0.2, 0.25) is 0 Å². The molecule has 0 atom stereocenters. The van der Waals surface area contributed by atoms with Crippen molar-refractivity contribution in [3.63, 3.8) is 0 Å². The summed E-state index contributed by atoms with van der Waals surface area (Å²) in [6.07, 6.45) is 6.19. The Bertz CT molecular complexity index is 652. The SMILES string of the molecule is O=C(N/N=C1\CCCc2cccnc21)c1ccccn1. The van der Waals surface area contributed by atoms with Gasteiger partial charge in [-0.1, -0.05) is 12.1 Å². The lowest BCUT2D eigenvalue weighted by atomic mass is 9.95. The number of pyridine rings is 2. The lowest BCUT2D eigenvalue weighted by Gasteiger charge is -2.16. The van der Waals surface area contributed by atoms with E-state index in [1.165, 1.54) is 5.56 Å². The van der Waals surface area contributed by atoms with Gasteiger partial charge in [0.25, 0.3) is 5.91 Å². The van der Waals surface area contributed by atoms with E-state index in [2.05, 4.69) is 26.6 Å². The number of nitrogens with one attached hydrogen (secondary N) is 1. The monoisotopic (exact) mass is 266 g/mol. The first-order valence-corrected chi connectivity index (χ1v) is 6.57. The summed E-state index contributed by atoms with van der Waals surface area (Å²) in [7, 11) is 0. The maximum Gasteiger partial charge on any atom is 0.289 e. The molecule has 3 rings (SSSR count). The van der Waals surface area contributed by atoms with Gasteiger partial charge in [-0.25, -0.2) is 5.43 Å². The molecule has 0 unspecified atom stereocenters. The zero-order valence-corrected chi connectivity index (χ0v) is 10.9. The van der Waals surface area contributed by atoms with Gasteiger partial charge in [0, 0.05) is 12.4 Å². The molecule has 0 saturated carbocycles. The molecular weight excluding hydrogens is 252 g/mol. The number of hydrazone groups is 1. The van der Waals surface area contributed by atoms with E-state index < -0.39 is 0 Å². The highest BCUT2D eigenvalue weighted by Crippen LogP contribution is 2.19. The maximum absolute atomic E-state index is 11.9. The average Bonchev–Trinajstić information content (AvgIpc) is 2.53. The first-order chi connectivity index (χ1) is 9.84. The number of carbonyl (C=O) groups excluding carboxylic acids is 1. The van der Waals surface area contributed by atoms with Crippen molar-refractivity contribution in [3.8, 4) is 0 Å². The second-order valence-corrected chi connectivity index (χ2v) is 4.58. The van der Waals surface area contributed by atoms with Gasteiger partial charge in [-0.15, -0.1) is 0 Å². The van der Waals surface area contributed by atoms with E-state index in [4.69, 9.17) is 0 Å². The van der Waals surface area contributed by atoms with E-state index in [-0.39, 0.29) is 5.91 Å². The van der Waals surface area contributed by atoms with Crippen LogP contribution >= 0.6 is 0 Å². The molecule has 100 valence electrons. The molecule has 1 amide bonds. The van der Waals surface area contributed by atoms with Gasteiger partial charge in [0.1, 0.15) is 5.69 Å². The number of hydrogen-bond donors (Lipinski definition) is 1. The highest BCUT2D eigenvalue weighted by atomic mass is 16.2. The zero-order chi connectivity index (χ0) is 13.8. The minimum Gasteiger partial charge on any atom is -0.266 e. The van der Waals surface area contributed by atoms with Crippen molar-refractivity contribution in [1.82, 2.24) is 15.4 Å². The molecule has 5 heteroatoms. The number of fused-ring (bicyclic) bond motifs is 1. The summed E-state index contributed by atoms with van der Waals surface area (Å²) in [5.74, 6) is -0.304. The van der Waals surface area contributed by atoms with E-state index in [1.54, 1.807) is 30.6 Å². The van der Waals surface area contributed by atoms with Gasteiger partial charge < -0.3 is 0 Å². The predicted molar refractivity (Wildman–Crippen MR) is 75.4 cm³/mol. The van der Waals surface area contributed by atoms with Crippen molar-refractivity contribution in [2.75, 3.05) is 0 Å². The standard InChI is InChI=1S/C15H14N4O/c20-15(13-7-1-2-9-16-13)19-18-12-8-3-5-11-6-4-10-17-14(11)12/h1-2,4,6-7,9-10H,3,5,8H2,(H,19,20)/b18-12+. The quantitative estimate of drug-likeness (QED) is 0.845. The Morgan fingerprint density at radius 1 is 1.10 bits per heavy atom. The molecule has 0 bridgehead atoms. The molecule has 1 aliphatic rings. The van der Waals surface area contributed by atoms with Crippen molar-refractivity contribution in [3.05, 3.63) is 59.7 Å². The largest absolute Gasteiger partial charge is 0.289 e. The minimum absolute atomic E-state index is 0.304.